The molecule has 0 saturated heterocycles. The Kier molecular flexibility index (Phi) is 6.12. The summed E-state index contributed by atoms with van der Waals surface area (Å²) in [5.41, 5.74) is 0.403. The highest BCUT2D eigenvalue weighted by molar-refractivity contribution is 6.80. The van der Waals surface area contributed by atoms with Gasteiger partial charge in [0.05, 0.1) is 6.61 Å². The number of hydrogen-bond acceptors (Lipinski definition) is 3. The van der Waals surface area contributed by atoms with Crippen molar-refractivity contribution < 1.29 is 14.0 Å². The molecule has 0 saturated carbocycles. The first-order chi connectivity index (χ1) is 10.7. The molecule has 0 heterocycles. The number of benzene rings is 2. The summed E-state index contributed by atoms with van der Waals surface area (Å²) in [4.78, 5) is 11.4. The van der Waals surface area contributed by atoms with E-state index in [1.54, 1.807) is 6.92 Å². The predicted molar refractivity (Wildman–Crippen MR) is 91.0 cm³/mol. The zero-order valence-corrected chi connectivity index (χ0v) is 13.9. The summed E-state index contributed by atoms with van der Waals surface area (Å²) in [7, 11) is -1.75. The van der Waals surface area contributed by atoms with E-state index in [9.17, 15) is 4.79 Å². The van der Waals surface area contributed by atoms with Gasteiger partial charge in [-0.1, -0.05) is 67.2 Å². The summed E-state index contributed by atoms with van der Waals surface area (Å²) in [5, 5.41) is 2.42. The van der Waals surface area contributed by atoms with Crippen molar-refractivity contribution in [3.63, 3.8) is 0 Å². The first-order valence-electron chi connectivity index (χ1n) is 7.22. The molecule has 2 rings (SSSR count). The smallest absolute Gasteiger partial charge is 0.333 e. The van der Waals surface area contributed by atoms with E-state index in [0.717, 1.165) is 0 Å². The quantitative estimate of drug-likeness (QED) is 0.338. The minimum absolute atomic E-state index is 0.245. The van der Waals surface area contributed by atoms with Crippen LogP contribution in [0.5, 0.6) is 0 Å². The van der Waals surface area contributed by atoms with Gasteiger partial charge < -0.3 is 9.16 Å². The molecule has 0 aliphatic rings. The Bertz CT molecular complexity index is 571. The topological polar surface area (TPSA) is 35.5 Å². The summed E-state index contributed by atoms with van der Waals surface area (Å²) in [6.45, 7) is 5.82. The van der Waals surface area contributed by atoms with Crippen LogP contribution >= 0.6 is 0 Å². The summed E-state index contributed by atoms with van der Waals surface area (Å²) in [6.07, 6.45) is 0. The number of esters is 1. The van der Waals surface area contributed by atoms with E-state index in [4.69, 9.17) is 9.16 Å². The minimum atomic E-state index is -1.75. The van der Waals surface area contributed by atoms with Crippen molar-refractivity contribution in [2.24, 2.45) is 0 Å². The molecule has 0 N–H and O–H groups in total. The molecule has 0 spiro atoms. The van der Waals surface area contributed by atoms with Crippen LogP contribution in [0.25, 0.3) is 0 Å². The minimum Gasteiger partial charge on any atom is -0.460 e. The maximum Gasteiger partial charge on any atom is 0.333 e. The van der Waals surface area contributed by atoms with Crippen LogP contribution in [0.4, 0.5) is 0 Å². The molecule has 4 heteroatoms. The molecule has 0 aromatic heterocycles. The Morgan fingerprint density at radius 2 is 1.45 bits per heavy atom. The monoisotopic (exact) mass is 312 g/mol. The van der Waals surface area contributed by atoms with Crippen LogP contribution in [0.15, 0.2) is 72.8 Å². The Balaban J connectivity index is 2.01. The fraction of sp³-hybridized carbons (Fsp3) is 0.167. The highest BCUT2D eigenvalue weighted by Gasteiger charge is 2.17. The number of carbonyl (C=O) groups is 1. The lowest BCUT2D eigenvalue weighted by Gasteiger charge is -2.17. The van der Waals surface area contributed by atoms with Crippen molar-refractivity contribution in [3.05, 3.63) is 72.8 Å². The highest BCUT2D eigenvalue weighted by atomic mass is 28.3. The second kappa shape index (κ2) is 8.31. The van der Waals surface area contributed by atoms with Crippen LogP contribution in [0.3, 0.4) is 0 Å². The van der Waals surface area contributed by atoms with E-state index < -0.39 is 9.04 Å². The lowest BCUT2D eigenvalue weighted by atomic mass is 10.4. The Morgan fingerprint density at radius 3 is 1.91 bits per heavy atom. The fourth-order valence-corrected chi connectivity index (χ4v) is 4.31. The van der Waals surface area contributed by atoms with Crippen molar-refractivity contribution in [1.29, 1.82) is 0 Å². The van der Waals surface area contributed by atoms with E-state index in [0.29, 0.717) is 12.2 Å². The van der Waals surface area contributed by atoms with Crippen LogP contribution < -0.4 is 10.4 Å². The average molecular weight is 312 g/mol. The maximum atomic E-state index is 11.4. The molecule has 0 atom stereocenters. The Morgan fingerprint density at radius 1 is 0.955 bits per heavy atom. The lowest BCUT2D eigenvalue weighted by molar-refractivity contribution is -0.139. The molecule has 0 fully saturated rings. The normalized spacial score (nSPS) is 10.5. The number of rotatable bonds is 7. The van der Waals surface area contributed by atoms with Gasteiger partial charge in [-0.05, 0) is 17.3 Å². The van der Waals surface area contributed by atoms with Gasteiger partial charge in [0.1, 0.15) is 6.61 Å². The lowest BCUT2D eigenvalue weighted by Crippen LogP contribution is -2.45. The van der Waals surface area contributed by atoms with Gasteiger partial charge in [-0.15, -0.1) is 0 Å². The fourth-order valence-electron chi connectivity index (χ4n) is 2.06. The third-order valence-electron chi connectivity index (χ3n) is 3.15. The predicted octanol–water partition coefficient (Wildman–Crippen LogP) is 1.66. The van der Waals surface area contributed by atoms with Crippen LogP contribution in [-0.2, 0) is 14.0 Å². The van der Waals surface area contributed by atoms with Gasteiger partial charge in [-0.25, -0.2) is 4.79 Å². The van der Waals surface area contributed by atoms with Crippen LogP contribution in [0.2, 0.25) is 0 Å². The molecule has 22 heavy (non-hydrogen) atoms. The molecule has 0 amide bonds. The second-order valence-electron chi connectivity index (χ2n) is 4.99. The third kappa shape index (κ3) is 4.68. The standard InChI is InChI=1S/C18H20O3Si/c1-15(2)18(19)20-13-14-21-22(16-9-5-3-6-10-16)17-11-7-4-8-12-17/h3-12,22H,1,13-14H2,2H3. The SMILES string of the molecule is C=C(C)C(=O)OCCO[SiH](c1ccccc1)c1ccccc1. The molecule has 0 radical (unpaired) electrons. The zero-order chi connectivity index (χ0) is 15.8. The summed E-state index contributed by atoms with van der Waals surface area (Å²) in [5.74, 6) is -0.374. The van der Waals surface area contributed by atoms with Crippen molar-refractivity contribution in [2.45, 2.75) is 6.92 Å². The molecule has 2 aromatic rings. The second-order valence-corrected chi connectivity index (χ2v) is 7.42. The summed E-state index contributed by atoms with van der Waals surface area (Å²) >= 11 is 0. The number of hydrogen-bond donors (Lipinski definition) is 0. The zero-order valence-electron chi connectivity index (χ0n) is 12.7. The number of carbonyl (C=O) groups excluding carboxylic acids is 1. The highest BCUT2D eigenvalue weighted by Crippen LogP contribution is 1.96. The first kappa shape index (κ1) is 16.2. The van der Waals surface area contributed by atoms with Gasteiger partial charge in [-0.2, -0.15) is 0 Å². The molecule has 3 nitrogen and oxygen atoms in total. The van der Waals surface area contributed by atoms with Gasteiger partial charge >= 0.3 is 5.97 Å². The van der Waals surface area contributed by atoms with Gasteiger partial charge in [-0.3, -0.25) is 0 Å². The van der Waals surface area contributed by atoms with Crippen LogP contribution in [0.1, 0.15) is 6.92 Å². The van der Waals surface area contributed by atoms with E-state index in [1.165, 1.54) is 10.4 Å². The van der Waals surface area contributed by atoms with Gasteiger partial charge in [0, 0.05) is 5.57 Å². The molecule has 114 valence electrons. The third-order valence-corrected chi connectivity index (χ3v) is 5.70. The van der Waals surface area contributed by atoms with Crippen molar-refractivity contribution >= 4 is 25.4 Å². The van der Waals surface area contributed by atoms with E-state index >= 15 is 0 Å². The van der Waals surface area contributed by atoms with E-state index in [-0.39, 0.29) is 12.6 Å². The van der Waals surface area contributed by atoms with Gasteiger partial charge in [0.25, 0.3) is 0 Å². The molecule has 0 aliphatic carbocycles. The van der Waals surface area contributed by atoms with Crippen LogP contribution in [-0.4, -0.2) is 28.2 Å². The maximum absolute atomic E-state index is 11.4. The van der Waals surface area contributed by atoms with Crippen molar-refractivity contribution in [2.75, 3.05) is 13.2 Å². The largest absolute Gasteiger partial charge is 0.460 e. The molecule has 0 bridgehead atoms. The number of ether oxygens (including phenoxy) is 1. The first-order valence-corrected chi connectivity index (χ1v) is 8.85. The van der Waals surface area contributed by atoms with Crippen LogP contribution in [0, 0.1) is 0 Å². The van der Waals surface area contributed by atoms with Crippen molar-refractivity contribution in [1.82, 2.24) is 0 Å². The average Bonchev–Trinajstić information content (AvgIpc) is 2.56. The molecular weight excluding hydrogens is 292 g/mol. The Hall–Kier alpha value is -2.17. The Labute approximate surface area is 132 Å². The summed E-state index contributed by atoms with van der Waals surface area (Å²) in [6, 6.07) is 20.4. The van der Waals surface area contributed by atoms with Crippen molar-refractivity contribution in [3.8, 4) is 0 Å². The molecule has 2 aromatic carbocycles. The molecular formula is C18H20O3Si. The molecule has 0 aliphatic heterocycles. The van der Waals surface area contributed by atoms with E-state index in [2.05, 4.69) is 30.8 Å². The molecule has 0 unspecified atom stereocenters. The van der Waals surface area contributed by atoms with Gasteiger partial charge in [0.15, 0.2) is 0 Å². The van der Waals surface area contributed by atoms with Gasteiger partial charge in [0.2, 0.25) is 9.04 Å². The van der Waals surface area contributed by atoms with E-state index in [1.807, 2.05) is 36.4 Å². The summed E-state index contributed by atoms with van der Waals surface area (Å²) < 4.78 is 11.2.